The average Bonchev–Trinajstić information content (AvgIpc) is 2.23. The number of allylic oxidation sites excluding steroid dienone is 1. The summed E-state index contributed by atoms with van der Waals surface area (Å²) in [7, 11) is 0. The van der Waals surface area contributed by atoms with Crippen molar-refractivity contribution < 1.29 is 20.1 Å². The first-order chi connectivity index (χ1) is 7.19. The molecule has 1 heterocycles. The van der Waals surface area contributed by atoms with Gasteiger partial charge in [-0.05, 0) is 12.5 Å². The van der Waals surface area contributed by atoms with E-state index in [2.05, 4.69) is 6.92 Å². The topological polar surface area (TPSA) is 69.9 Å². The quantitative estimate of drug-likeness (QED) is 0.587. The zero-order valence-corrected chi connectivity index (χ0v) is 9.09. The fraction of sp³-hybridized carbons (Fsp3) is 0.818. The zero-order chi connectivity index (χ0) is 11.3. The molecule has 1 rings (SSSR count). The van der Waals surface area contributed by atoms with Crippen molar-refractivity contribution in [1.82, 2.24) is 0 Å². The fourth-order valence-electron chi connectivity index (χ4n) is 1.65. The van der Waals surface area contributed by atoms with Crippen molar-refractivity contribution in [2.45, 2.75) is 50.9 Å². The molecule has 0 saturated heterocycles. The molecule has 0 aromatic carbocycles. The molecule has 0 unspecified atom stereocenters. The van der Waals surface area contributed by atoms with Crippen LogP contribution in [0.2, 0.25) is 0 Å². The van der Waals surface area contributed by atoms with E-state index in [0.29, 0.717) is 5.76 Å². The zero-order valence-electron chi connectivity index (χ0n) is 9.09. The van der Waals surface area contributed by atoms with Gasteiger partial charge in [0.05, 0.1) is 12.4 Å². The second kappa shape index (κ2) is 6.10. The first-order valence-corrected chi connectivity index (χ1v) is 5.53. The minimum atomic E-state index is -1.02. The Bertz CT molecular complexity index is 215. The van der Waals surface area contributed by atoms with Crippen LogP contribution in [-0.4, -0.2) is 40.2 Å². The van der Waals surface area contributed by atoms with Crippen molar-refractivity contribution in [2.24, 2.45) is 0 Å². The second-order valence-electron chi connectivity index (χ2n) is 3.91. The fourth-order valence-corrected chi connectivity index (χ4v) is 1.65. The summed E-state index contributed by atoms with van der Waals surface area (Å²) in [6.07, 6.45) is 2.90. The molecule has 0 aliphatic carbocycles. The molecule has 3 N–H and O–H groups in total. The Kier molecular flexibility index (Phi) is 5.08. The SMILES string of the molecule is CCCCCC1=C[C@@H](O)[C@H](O)[C@@H](CO)O1. The van der Waals surface area contributed by atoms with Gasteiger partial charge in [-0.15, -0.1) is 0 Å². The molecular weight excluding hydrogens is 196 g/mol. The predicted octanol–water partition coefficient (Wildman–Crippen LogP) is 0.563. The number of hydrogen-bond donors (Lipinski definition) is 3. The minimum Gasteiger partial charge on any atom is -0.490 e. The Morgan fingerprint density at radius 3 is 2.67 bits per heavy atom. The van der Waals surface area contributed by atoms with Crippen molar-refractivity contribution in [2.75, 3.05) is 6.61 Å². The first-order valence-electron chi connectivity index (χ1n) is 5.53. The summed E-state index contributed by atoms with van der Waals surface area (Å²) in [6, 6.07) is 0. The van der Waals surface area contributed by atoms with Crippen LogP contribution in [0.25, 0.3) is 0 Å². The lowest BCUT2D eigenvalue weighted by molar-refractivity contribution is -0.0927. The van der Waals surface area contributed by atoms with Crippen LogP contribution in [0.15, 0.2) is 11.8 Å². The van der Waals surface area contributed by atoms with Gasteiger partial charge in [0, 0.05) is 6.42 Å². The third-order valence-corrected chi connectivity index (χ3v) is 2.60. The molecule has 0 aromatic heterocycles. The number of hydrogen-bond acceptors (Lipinski definition) is 4. The Morgan fingerprint density at radius 1 is 1.33 bits per heavy atom. The number of rotatable bonds is 5. The van der Waals surface area contributed by atoms with E-state index >= 15 is 0 Å². The van der Waals surface area contributed by atoms with Gasteiger partial charge < -0.3 is 20.1 Å². The van der Waals surface area contributed by atoms with E-state index in [1.165, 1.54) is 6.08 Å². The van der Waals surface area contributed by atoms with E-state index in [1.54, 1.807) is 0 Å². The van der Waals surface area contributed by atoms with E-state index in [1.807, 2.05) is 0 Å². The molecule has 1 aliphatic rings. The predicted molar refractivity (Wildman–Crippen MR) is 56.2 cm³/mol. The van der Waals surface area contributed by atoms with Crippen LogP contribution >= 0.6 is 0 Å². The van der Waals surface area contributed by atoms with Crippen LogP contribution in [0, 0.1) is 0 Å². The van der Waals surface area contributed by atoms with Gasteiger partial charge in [-0.3, -0.25) is 0 Å². The summed E-state index contributed by atoms with van der Waals surface area (Å²) in [5.41, 5.74) is 0. The van der Waals surface area contributed by atoms with Gasteiger partial charge in [-0.2, -0.15) is 0 Å². The van der Waals surface area contributed by atoms with Crippen molar-refractivity contribution in [3.05, 3.63) is 11.8 Å². The van der Waals surface area contributed by atoms with Gasteiger partial charge in [-0.25, -0.2) is 0 Å². The van der Waals surface area contributed by atoms with Gasteiger partial charge in [0.15, 0.2) is 0 Å². The van der Waals surface area contributed by atoms with E-state index < -0.39 is 18.3 Å². The molecule has 0 amide bonds. The van der Waals surface area contributed by atoms with E-state index in [0.717, 1.165) is 25.7 Å². The molecule has 0 fully saturated rings. The Balaban J connectivity index is 2.47. The Morgan fingerprint density at radius 2 is 2.07 bits per heavy atom. The highest BCUT2D eigenvalue weighted by atomic mass is 16.5. The van der Waals surface area contributed by atoms with Crippen molar-refractivity contribution >= 4 is 0 Å². The molecule has 0 bridgehead atoms. The summed E-state index contributed by atoms with van der Waals surface area (Å²) in [5.74, 6) is 0.681. The van der Waals surface area contributed by atoms with Crippen LogP contribution in [0.4, 0.5) is 0 Å². The number of ether oxygens (including phenoxy) is 1. The minimum absolute atomic E-state index is 0.274. The van der Waals surface area contributed by atoms with Crippen LogP contribution in [0.3, 0.4) is 0 Å². The number of unbranched alkanes of at least 4 members (excludes halogenated alkanes) is 2. The van der Waals surface area contributed by atoms with Gasteiger partial charge in [0.25, 0.3) is 0 Å². The van der Waals surface area contributed by atoms with E-state index in [-0.39, 0.29) is 6.61 Å². The molecule has 3 atom stereocenters. The van der Waals surface area contributed by atoms with E-state index in [9.17, 15) is 10.2 Å². The van der Waals surface area contributed by atoms with Gasteiger partial charge in [0.2, 0.25) is 0 Å². The van der Waals surface area contributed by atoms with Gasteiger partial charge >= 0.3 is 0 Å². The lowest BCUT2D eigenvalue weighted by atomic mass is 10.0. The van der Waals surface area contributed by atoms with Crippen LogP contribution in [-0.2, 0) is 4.74 Å². The summed E-state index contributed by atoms with van der Waals surface area (Å²) in [6.45, 7) is 1.84. The molecule has 4 heteroatoms. The maximum atomic E-state index is 9.49. The summed E-state index contributed by atoms with van der Waals surface area (Å²) in [5, 5.41) is 27.9. The molecule has 88 valence electrons. The third-order valence-electron chi connectivity index (χ3n) is 2.60. The van der Waals surface area contributed by atoms with Crippen molar-refractivity contribution in [3.63, 3.8) is 0 Å². The number of aliphatic hydroxyl groups excluding tert-OH is 3. The monoisotopic (exact) mass is 216 g/mol. The van der Waals surface area contributed by atoms with Crippen LogP contribution < -0.4 is 0 Å². The van der Waals surface area contributed by atoms with E-state index in [4.69, 9.17) is 9.84 Å². The average molecular weight is 216 g/mol. The Hall–Kier alpha value is -0.580. The standard InChI is InChI=1S/C11H20O4/c1-2-3-4-5-8-6-9(13)11(14)10(7-12)15-8/h6,9-14H,2-5,7H2,1H3/t9-,10-,11+/m1/s1. The van der Waals surface area contributed by atoms with Gasteiger partial charge in [0.1, 0.15) is 18.3 Å². The summed E-state index contributed by atoms with van der Waals surface area (Å²) < 4.78 is 5.37. The molecule has 4 nitrogen and oxygen atoms in total. The maximum absolute atomic E-state index is 9.49. The smallest absolute Gasteiger partial charge is 0.150 e. The van der Waals surface area contributed by atoms with Crippen LogP contribution in [0.1, 0.15) is 32.6 Å². The second-order valence-corrected chi connectivity index (χ2v) is 3.91. The molecule has 15 heavy (non-hydrogen) atoms. The molecule has 0 saturated carbocycles. The highest BCUT2D eigenvalue weighted by molar-refractivity contribution is 5.06. The summed E-state index contributed by atoms with van der Waals surface area (Å²) in [4.78, 5) is 0. The Labute approximate surface area is 90.2 Å². The molecule has 0 aromatic rings. The lowest BCUT2D eigenvalue weighted by Crippen LogP contribution is -2.43. The lowest BCUT2D eigenvalue weighted by Gasteiger charge is -2.31. The van der Waals surface area contributed by atoms with Crippen LogP contribution in [0.5, 0.6) is 0 Å². The normalized spacial score (nSPS) is 30.9. The van der Waals surface area contributed by atoms with Crippen molar-refractivity contribution in [1.29, 1.82) is 0 Å². The summed E-state index contributed by atoms with van der Waals surface area (Å²) >= 11 is 0. The first kappa shape index (κ1) is 12.5. The third kappa shape index (κ3) is 3.48. The van der Waals surface area contributed by atoms with Crippen molar-refractivity contribution in [3.8, 4) is 0 Å². The van der Waals surface area contributed by atoms with Gasteiger partial charge in [-0.1, -0.05) is 19.8 Å². The number of aliphatic hydroxyl groups is 3. The largest absolute Gasteiger partial charge is 0.490 e. The molecule has 0 radical (unpaired) electrons. The highest BCUT2D eigenvalue weighted by Crippen LogP contribution is 2.22. The molecule has 1 aliphatic heterocycles. The molecular formula is C11H20O4. The highest BCUT2D eigenvalue weighted by Gasteiger charge is 2.31. The maximum Gasteiger partial charge on any atom is 0.150 e. The molecule has 0 spiro atoms.